The lowest BCUT2D eigenvalue weighted by Crippen LogP contribution is -2.12. The fraction of sp³-hybridized carbons (Fsp3) is 0.0909. The number of aryl methyl sites for hydroxylation is 1. The summed E-state index contributed by atoms with van der Waals surface area (Å²) >= 11 is 0. The lowest BCUT2D eigenvalue weighted by atomic mass is 10.2. The van der Waals surface area contributed by atoms with Crippen LogP contribution in [0.2, 0.25) is 0 Å². The second kappa shape index (κ2) is 3.65. The molecule has 15 heavy (non-hydrogen) atoms. The van der Waals surface area contributed by atoms with Crippen LogP contribution in [0.3, 0.4) is 0 Å². The second-order valence-electron chi connectivity index (χ2n) is 3.16. The van der Waals surface area contributed by atoms with Crippen molar-refractivity contribution < 1.29 is 9.18 Å². The average molecular weight is 204 g/mol. The van der Waals surface area contributed by atoms with Crippen LogP contribution in [0.25, 0.3) is 0 Å². The van der Waals surface area contributed by atoms with Gasteiger partial charge in [0.05, 0.1) is 0 Å². The van der Waals surface area contributed by atoms with Crippen LogP contribution in [0.4, 0.5) is 4.39 Å². The Kier molecular flexibility index (Phi) is 2.33. The van der Waals surface area contributed by atoms with Gasteiger partial charge in [-0.3, -0.25) is 9.36 Å². The molecule has 0 spiro atoms. The van der Waals surface area contributed by atoms with Gasteiger partial charge < -0.3 is 0 Å². The zero-order chi connectivity index (χ0) is 10.8. The van der Waals surface area contributed by atoms with Crippen molar-refractivity contribution in [2.75, 3.05) is 0 Å². The predicted molar refractivity (Wildman–Crippen MR) is 53.1 cm³/mol. The number of hydrogen-bond donors (Lipinski definition) is 0. The number of carbonyl (C=O) groups is 1. The van der Waals surface area contributed by atoms with Crippen molar-refractivity contribution in [2.24, 2.45) is 0 Å². The van der Waals surface area contributed by atoms with E-state index in [-0.39, 0.29) is 11.7 Å². The van der Waals surface area contributed by atoms with E-state index in [0.717, 1.165) is 0 Å². The van der Waals surface area contributed by atoms with Gasteiger partial charge in [0.2, 0.25) is 0 Å². The fourth-order valence-electron chi connectivity index (χ4n) is 1.32. The zero-order valence-corrected chi connectivity index (χ0v) is 8.14. The molecule has 2 rings (SSSR count). The molecule has 0 saturated heterocycles. The van der Waals surface area contributed by atoms with Crippen LogP contribution < -0.4 is 0 Å². The Morgan fingerprint density at radius 1 is 1.33 bits per heavy atom. The lowest BCUT2D eigenvalue weighted by Gasteiger charge is -2.02. The largest absolute Gasteiger partial charge is 0.270 e. The molecule has 1 aromatic carbocycles. The third-order valence-electron chi connectivity index (χ3n) is 2.14. The molecule has 0 fully saturated rings. The molecule has 1 aromatic heterocycles. The Labute approximate surface area is 86.2 Å². The van der Waals surface area contributed by atoms with E-state index in [1.807, 2.05) is 0 Å². The number of rotatable bonds is 1. The summed E-state index contributed by atoms with van der Waals surface area (Å²) in [6.07, 6.45) is 3.14. The highest BCUT2D eigenvalue weighted by Gasteiger charge is 2.09. The molecule has 76 valence electrons. The second-order valence-corrected chi connectivity index (χ2v) is 3.16. The lowest BCUT2D eigenvalue weighted by molar-refractivity contribution is 0.0957. The molecule has 2 aromatic rings. The van der Waals surface area contributed by atoms with Gasteiger partial charge in [-0.1, -0.05) is 0 Å². The normalized spacial score (nSPS) is 10.3. The van der Waals surface area contributed by atoms with Crippen molar-refractivity contribution in [3.05, 3.63) is 53.9 Å². The van der Waals surface area contributed by atoms with Crippen molar-refractivity contribution in [1.29, 1.82) is 0 Å². The van der Waals surface area contributed by atoms with Crippen molar-refractivity contribution in [3.8, 4) is 0 Å². The van der Waals surface area contributed by atoms with E-state index >= 15 is 0 Å². The summed E-state index contributed by atoms with van der Waals surface area (Å²) in [5.74, 6) is 0.0585. The first kappa shape index (κ1) is 9.58. The highest BCUT2D eigenvalue weighted by atomic mass is 19.1. The van der Waals surface area contributed by atoms with E-state index in [4.69, 9.17) is 0 Å². The summed E-state index contributed by atoms with van der Waals surface area (Å²) in [7, 11) is 0. The molecule has 0 aliphatic rings. The van der Waals surface area contributed by atoms with E-state index in [9.17, 15) is 9.18 Å². The van der Waals surface area contributed by atoms with Gasteiger partial charge in [-0.2, -0.15) is 0 Å². The molecule has 0 aliphatic heterocycles. The SMILES string of the molecule is Cc1nccn1C(=O)c1ccc(F)cc1. The first-order valence-electron chi connectivity index (χ1n) is 4.49. The van der Waals surface area contributed by atoms with Crippen LogP contribution in [-0.4, -0.2) is 15.5 Å². The standard InChI is InChI=1S/C11H9FN2O/c1-8-13-6-7-14(8)11(15)9-2-4-10(12)5-3-9/h2-7H,1H3. The van der Waals surface area contributed by atoms with Crippen molar-refractivity contribution in [2.45, 2.75) is 6.92 Å². The topological polar surface area (TPSA) is 34.9 Å². The van der Waals surface area contributed by atoms with Gasteiger partial charge in [0, 0.05) is 18.0 Å². The molecule has 0 atom stereocenters. The minimum atomic E-state index is -0.353. The third kappa shape index (κ3) is 1.79. The molecule has 0 aliphatic carbocycles. The summed E-state index contributed by atoms with van der Waals surface area (Å²) in [6.45, 7) is 1.74. The quantitative estimate of drug-likeness (QED) is 0.712. The minimum Gasteiger partial charge on any atom is -0.270 e. The van der Waals surface area contributed by atoms with Crippen LogP contribution in [0.15, 0.2) is 36.7 Å². The summed E-state index contributed by atoms with van der Waals surface area (Å²) in [5.41, 5.74) is 0.442. The molecule has 0 radical (unpaired) electrons. The highest BCUT2D eigenvalue weighted by Crippen LogP contribution is 2.06. The summed E-state index contributed by atoms with van der Waals surface area (Å²) < 4.78 is 14.1. The predicted octanol–water partition coefficient (Wildman–Crippen LogP) is 2.02. The minimum absolute atomic E-state index is 0.204. The molecular formula is C11H9FN2O. The molecule has 0 saturated carbocycles. The van der Waals surface area contributed by atoms with Gasteiger partial charge in [-0.25, -0.2) is 9.37 Å². The molecule has 3 nitrogen and oxygen atoms in total. The van der Waals surface area contributed by atoms with Crippen LogP contribution in [0, 0.1) is 12.7 Å². The summed E-state index contributed by atoms with van der Waals surface area (Å²) in [5, 5.41) is 0. The van der Waals surface area contributed by atoms with Crippen LogP contribution >= 0.6 is 0 Å². The summed E-state index contributed by atoms with van der Waals surface area (Å²) in [4.78, 5) is 15.8. The number of carbonyl (C=O) groups excluding carboxylic acids is 1. The Morgan fingerprint density at radius 3 is 2.53 bits per heavy atom. The summed E-state index contributed by atoms with van der Waals surface area (Å²) in [6, 6.07) is 5.44. The van der Waals surface area contributed by atoms with Crippen molar-refractivity contribution >= 4 is 5.91 Å². The van der Waals surface area contributed by atoms with E-state index in [0.29, 0.717) is 11.4 Å². The van der Waals surface area contributed by atoms with E-state index in [1.165, 1.54) is 28.8 Å². The molecule has 0 N–H and O–H groups in total. The Bertz CT molecular complexity index is 488. The third-order valence-corrected chi connectivity index (χ3v) is 2.14. The Balaban J connectivity index is 2.37. The molecule has 4 heteroatoms. The number of nitrogens with zero attached hydrogens (tertiary/aromatic N) is 2. The number of hydrogen-bond acceptors (Lipinski definition) is 2. The smallest absolute Gasteiger partial charge is 0.263 e. The van der Waals surface area contributed by atoms with Crippen LogP contribution in [-0.2, 0) is 0 Å². The Morgan fingerprint density at radius 2 is 2.00 bits per heavy atom. The highest BCUT2D eigenvalue weighted by molar-refractivity contribution is 5.96. The first-order valence-corrected chi connectivity index (χ1v) is 4.49. The molecular weight excluding hydrogens is 195 g/mol. The molecule has 0 bridgehead atoms. The van der Waals surface area contributed by atoms with Crippen molar-refractivity contribution in [3.63, 3.8) is 0 Å². The van der Waals surface area contributed by atoms with Gasteiger partial charge in [0.25, 0.3) is 5.91 Å². The van der Waals surface area contributed by atoms with Crippen LogP contribution in [0.5, 0.6) is 0 Å². The maximum Gasteiger partial charge on any atom is 0.263 e. The van der Waals surface area contributed by atoms with Gasteiger partial charge >= 0.3 is 0 Å². The number of halogens is 1. The van der Waals surface area contributed by atoms with E-state index in [1.54, 1.807) is 19.3 Å². The molecule has 1 heterocycles. The number of imidazole rings is 1. The maximum atomic E-state index is 12.6. The Hall–Kier alpha value is -1.97. The van der Waals surface area contributed by atoms with Gasteiger partial charge in [0.15, 0.2) is 0 Å². The average Bonchev–Trinajstić information content (AvgIpc) is 2.65. The van der Waals surface area contributed by atoms with E-state index in [2.05, 4.69) is 4.98 Å². The first-order chi connectivity index (χ1) is 7.18. The maximum absolute atomic E-state index is 12.6. The van der Waals surface area contributed by atoms with Gasteiger partial charge in [-0.05, 0) is 31.2 Å². The number of benzene rings is 1. The van der Waals surface area contributed by atoms with Crippen LogP contribution in [0.1, 0.15) is 16.2 Å². The fourth-order valence-corrected chi connectivity index (χ4v) is 1.32. The molecule has 0 amide bonds. The zero-order valence-electron chi connectivity index (χ0n) is 8.14. The molecule has 0 unspecified atom stereocenters. The van der Waals surface area contributed by atoms with Gasteiger partial charge in [-0.15, -0.1) is 0 Å². The monoisotopic (exact) mass is 204 g/mol. The number of aromatic nitrogens is 2. The van der Waals surface area contributed by atoms with E-state index < -0.39 is 0 Å². The van der Waals surface area contributed by atoms with Crippen molar-refractivity contribution in [1.82, 2.24) is 9.55 Å². The van der Waals surface area contributed by atoms with Gasteiger partial charge in [0.1, 0.15) is 11.6 Å².